The Kier molecular flexibility index (Phi) is 4.95. The van der Waals surface area contributed by atoms with Crippen LogP contribution in [-0.2, 0) is 6.42 Å². The Bertz CT molecular complexity index is 903. The molecule has 2 aromatic rings. The zero-order valence-electron chi connectivity index (χ0n) is 16.7. The van der Waals surface area contributed by atoms with Gasteiger partial charge >= 0.3 is 0 Å². The molecule has 0 fully saturated rings. The van der Waals surface area contributed by atoms with E-state index in [1.165, 1.54) is 22.3 Å². The summed E-state index contributed by atoms with van der Waals surface area (Å²) < 4.78 is 0. The van der Waals surface area contributed by atoms with Crippen molar-refractivity contribution in [2.45, 2.75) is 48.0 Å². The molecular formula is C24H28N2. The number of nitrogens with zero attached hydrogens (tertiary/aromatic N) is 2. The summed E-state index contributed by atoms with van der Waals surface area (Å²) >= 11 is 0. The highest BCUT2D eigenvalue weighted by molar-refractivity contribution is 6.36. The van der Waals surface area contributed by atoms with Gasteiger partial charge in [-0.25, -0.2) is 9.98 Å². The van der Waals surface area contributed by atoms with Gasteiger partial charge in [0.2, 0.25) is 0 Å². The first kappa shape index (κ1) is 18.3. The summed E-state index contributed by atoms with van der Waals surface area (Å²) in [6.07, 6.45) is 1.01. The third kappa shape index (κ3) is 3.55. The summed E-state index contributed by atoms with van der Waals surface area (Å²) in [4.78, 5) is 10.1. The smallest absolute Gasteiger partial charge is 0.135 e. The highest BCUT2D eigenvalue weighted by Gasteiger charge is 2.26. The minimum absolute atomic E-state index is 0.127. The number of amidine groups is 1. The van der Waals surface area contributed by atoms with Crippen LogP contribution in [0.15, 0.2) is 64.1 Å². The fourth-order valence-electron chi connectivity index (χ4n) is 3.18. The van der Waals surface area contributed by atoms with Crippen LogP contribution in [0.25, 0.3) is 5.57 Å². The standard InChI is InChI=1S/C24H28N2/c1-7-17-13-14-20-19(15-17)21(16(2)3)22(18-11-9-8-10-12-18)26-23(25-20)24(4,5)6/h8-15H,7H2,1-6H3. The van der Waals surface area contributed by atoms with E-state index >= 15 is 0 Å². The Balaban J connectivity index is 2.37. The van der Waals surface area contributed by atoms with Crippen LogP contribution in [0.1, 0.15) is 58.2 Å². The highest BCUT2D eigenvalue weighted by atomic mass is 15.0. The summed E-state index contributed by atoms with van der Waals surface area (Å²) in [5, 5.41) is 0. The summed E-state index contributed by atoms with van der Waals surface area (Å²) in [6.45, 7) is 13.0. The average Bonchev–Trinajstić information content (AvgIpc) is 2.78. The van der Waals surface area contributed by atoms with Gasteiger partial charge in [0, 0.05) is 22.1 Å². The van der Waals surface area contributed by atoms with Crippen LogP contribution in [0.4, 0.5) is 5.69 Å². The zero-order valence-corrected chi connectivity index (χ0v) is 16.7. The van der Waals surface area contributed by atoms with E-state index < -0.39 is 0 Å². The van der Waals surface area contributed by atoms with Crippen LogP contribution < -0.4 is 0 Å². The summed E-state index contributed by atoms with van der Waals surface area (Å²) in [5.41, 5.74) is 8.00. The van der Waals surface area contributed by atoms with Crippen molar-refractivity contribution < 1.29 is 0 Å². The molecule has 0 bridgehead atoms. The van der Waals surface area contributed by atoms with Crippen molar-refractivity contribution in [1.29, 1.82) is 0 Å². The lowest BCUT2D eigenvalue weighted by Crippen LogP contribution is -2.20. The maximum absolute atomic E-state index is 5.10. The fourth-order valence-corrected chi connectivity index (χ4v) is 3.18. The van der Waals surface area contributed by atoms with Crippen LogP contribution >= 0.6 is 0 Å². The number of aryl methyl sites for hydroxylation is 1. The van der Waals surface area contributed by atoms with Gasteiger partial charge in [0.1, 0.15) is 5.84 Å². The van der Waals surface area contributed by atoms with Gasteiger partial charge in [-0.1, -0.05) is 69.7 Å². The second kappa shape index (κ2) is 7.03. The number of benzene rings is 2. The summed E-state index contributed by atoms with van der Waals surface area (Å²) in [5.74, 6) is 0.873. The quantitative estimate of drug-likeness (QED) is 0.585. The first-order chi connectivity index (χ1) is 12.3. The van der Waals surface area contributed by atoms with E-state index in [0.717, 1.165) is 29.2 Å². The molecule has 1 aliphatic heterocycles. The molecule has 0 aromatic heterocycles. The molecule has 0 saturated heterocycles. The molecule has 134 valence electrons. The molecule has 1 aliphatic rings. The predicted octanol–water partition coefficient (Wildman–Crippen LogP) is 6.62. The fraction of sp³-hybridized carbons (Fsp3) is 0.333. The van der Waals surface area contributed by atoms with Gasteiger partial charge in [-0.15, -0.1) is 0 Å². The molecular weight excluding hydrogens is 316 g/mol. The van der Waals surface area contributed by atoms with Gasteiger partial charge in [-0.3, -0.25) is 0 Å². The lowest BCUT2D eigenvalue weighted by atomic mass is 9.90. The lowest BCUT2D eigenvalue weighted by Gasteiger charge is -2.18. The third-order valence-corrected chi connectivity index (χ3v) is 4.64. The van der Waals surface area contributed by atoms with Crippen LogP contribution in [0.5, 0.6) is 0 Å². The Labute approximate surface area is 157 Å². The van der Waals surface area contributed by atoms with Gasteiger partial charge < -0.3 is 0 Å². The van der Waals surface area contributed by atoms with E-state index in [-0.39, 0.29) is 5.41 Å². The minimum Gasteiger partial charge on any atom is -0.232 e. The van der Waals surface area contributed by atoms with E-state index in [2.05, 4.69) is 84.0 Å². The topological polar surface area (TPSA) is 24.7 Å². The SMILES string of the molecule is CCc1ccc2c(c1)C(=C(C)C)C(c1ccccc1)=NC(C(C)(C)C)=N2. The maximum Gasteiger partial charge on any atom is 0.135 e. The van der Waals surface area contributed by atoms with E-state index in [0.29, 0.717) is 0 Å². The Morgan fingerprint density at radius 1 is 0.923 bits per heavy atom. The van der Waals surface area contributed by atoms with Crippen molar-refractivity contribution in [3.63, 3.8) is 0 Å². The van der Waals surface area contributed by atoms with Crippen LogP contribution in [-0.4, -0.2) is 11.5 Å². The monoisotopic (exact) mass is 344 g/mol. The molecule has 0 spiro atoms. The Morgan fingerprint density at radius 2 is 1.62 bits per heavy atom. The van der Waals surface area contributed by atoms with Gasteiger partial charge in [0.15, 0.2) is 0 Å². The number of hydrogen-bond acceptors (Lipinski definition) is 2. The molecule has 2 nitrogen and oxygen atoms in total. The molecule has 3 rings (SSSR count). The zero-order chi connectivity index (χ0) is 18.9. The van der Waals surface area contributed by atoms with E-state index in [1.807, 2.05) is 6.07 Å². The van der Waals surface area contributed by atoms with Gasteiger partial charge in [0.05, 0.1) is 11.4 Å². The number of allylic oxidation sites excluding steroid dienone is 2. The molecule has 0 amide bonds. The van der Waals surface area contributed by atoms with Crippen molar-refractivity contribution in [2.75, 3.05) is 0 Å². The van der Waals surface area contributed by atoms with Gasteiger partial charge in [0.25, 0.3) is 0 Å². The van der Waals surface area contributed by atoms with Gasteiger partial charge in [-0.2, -0.15) is 0 Å². The molecule has 2 heteroatoms. The van der Waals surface area contributed by atoms with E-state index in [4.69, 9.17) is 9.98 Å². The molecule has 26 heavy (non-hydrogen) atoms. The maximum atomic E-state index is 5.10. The van der Waals surface area contributed by atoms with Crippen molar-refractivity contribution >= 4 is 22.8 Å². The highest BCUT2D eigenvalue weighted by Crippen LogP contribution is 2.37. The van der Waals surface area contributed by atoms with Crippen LogP contribution in [0.3, 0.4) is 0 Å². The van der Waals surface area contributed by atoms with Crippen molar-refractivity contribution in [2.24, 2.45) is 15.4 Å². The molecule has 1 heterocycles. The van der Waals surface area contributed by atoms with Crippen molar-refractivity contribution in [1.82, 2.24) is 0 Å². The Morgan fingerprint density at radius 3 is 2.19 bits per heavy atom. The normalized spacial score (nSPS) is 14.3. The molecule has 0 unspecified atom stereocenters. The summed E-state index contributed by atoms with van der Waals surface area (Å²) in [7, 11) is 0. The molecule has 0 aliphatic carbocycles. The van der Waals surface area contributed by atoms with E-state index in [1.54, 1.807) is 0 Å². The van der Waals surface area contributed by atoms with Crippen molar-refractivity contribution in [3.8, 4) is 0 Å². The first-order valence-corrected chi connectivity index (χ1v) is 9.35. The largest absolute Gasteiger partial charge is 0.232 e. The summed E-state index contributed by atoms with van der Waals surface area (Å²) in [6, 6.07) is 17.1. The van der Waals surface area contributed by atoms with Crippen LogP contribution in [0, 0.1) is 5.41 Å². The van der Waals surface area contributed by atoms with Gasteiger partial charge in [-0.05, 0) is 38.0 Å². The molecule has 0 saturated carbocycles. The van der Waals surface area contributed by atoms with Crippen molar-refractivity contribution in [3.05, 3.63) is 70.8 Å². The number of hydrogen-bond donors (Lipinski definition) is 0. The number of rotatable bonds is 2. The average molecular weight is 345 g/mol. The Hall–Kier alpha value is -2.48. The minimum atomic E-state index is -0.127. The third-order valence-electron chi connectivity index (χ3n) is 4.64. The lowest BCUT2D eigenvalue weighted by molar-refractivity contribution is 0.586. The number of fused-ring (bicyclic) bond motifs is 1. The van der Waals surface area contributed by atoms with E-state index in [9.17, 15) is 0 Å². The predicted molar refractivity (Wildman–Crippen MR) is 114 cm³/mol. The second-order valence-corrected chi connectivity index (χ2v) is 8.09. The molecule has 0 N–H and O–H groups in total. The van der Waals surface area contributed by atoms with Crippen LogP contribution in [0.2, 0.25) is 0 Å². The second-order valence-electron chi connectivity index (χ2n) is 8.09. The molecule has 2 aromatic carbocycles. The molecule has 0 atom stereocenters. The number of aliphatic imine (C=N–C) groups is 2. The molecule has 0 radical (unpaired) electrons. The first-order valence-electron chi connectivity index (χ1n) is 9.35.